The highest BCUT2D eigenvalue weighted by Crippen LogP contribution is 2.37. The van der Waals surface area contributed by atoms with E-state index in [2.05, 4.69) is 39.6 Å². The molecule has 1 amide bonds. The fraction of sp³-hybridized carbons (Fsp3) is 0.474. The molecule has 0 bridgehead atoms. The molecule has 1 aromatic heterocycles. The van der Waals surface area contributed by atoms with Gasteiger partial charge in [0.15, 0.2) is 0 Å². The SMILES string of the molecule is O=C1NCCCC12CCCN2Cc1ccccc1Cn1cccn1. The first kappa shape index (κ1) is 15.4. The number of rotatable bonds is 4. The Labute approximate surface area is 142 Å². The number of amides is 1. The highest BCUT2D eigenvalue weighted by molar-refractivity contribution is 5.87. The van der Waals surface area contributed by atoms with Crippen molar-refractivity contribution in [3.63, 3.8) is 0 Å². The summed E-state index contributed by atoms with van der Waals surface area (Å²) in [6.07, 6.45) is 7.96. The molecule has 2 aromatic rings. The molecule has 1 atom stereocenters. The van der Waals surface area contributed by atoms with Crippen molar-refractivity contribution in [1.29, 1.82) is 0 Å². The molecule has 5 heteroatoms. The van der Waals surface area contributed by atoms with Crippen LogP contribution in [-0.2, 0) is 17.9 Å². The quantitative estimate of drug-likeness (QED) is 0.938. The zero-order chi connectivity index (χ0) is 16.4. The predicted octanol–water partition coefficient (Wildman–Crippen LogP) is 2.18. The summed E-state index contributed by atoms with van der Waals surface area (Å²) < 4.78 is 1.95. The fourth-order valence-electron chi connectivity index (χ4n) is 4.21. The van der Waals surface area contributed by atoms with E-state index in [-0.39, 0.29) is 11.4 Å². The molecule has 1 unspecified atom stereocenters. The molecule has 1 spiro atoms. The highest BCUT2D eigenvalue weighted by Gasteiger charge is 2.48. The molecular formula is C19H24N4O. The van der Waals surface area contributed by atoms with Gasteiger partial charge < -0.3 is 5.32 Å². The minimum Gasteiger partial charge on any atom is -0.354 e. The Bertz CT molecular complexity index is 712. The van der Waals surface area contributed by atoms with Crippen LogP contribution in [-0.4, -0.2) is 39.2 Å². The summed E-state index contributed by atoms with van der Waals surface area (Å²) in [5, 5.41) is 7.41. The molecular weight excluding hydrogens is 300 g/mol. The maximum atomic E-state index is 12.6. The summed E-state index contributed by atoms with van der Waals surface area (Å²) >= 11 is 0. The molecule has 126 valence electrons. The van der Waals surface area contributed by atoms with Gasteiger partial charge in [0, 0.05) is 25.5 Å². The van der Waals surface area contributed by atoms with E-state index in [9.17, 15) is 4.79 Å². The maximum absolute atomic E-state index is 12.6. The van der Waals surface area contributed by atoms with Gasteiger partial charge in [-0.05, 0) is 49.4 Å². The van der Waals surface area contributed by atoms with Gasteiger partial charge in [-0.2, -0.15) is 5.10 Å². The highest BCUT2D eigenvalue weighted by atomic mass is 16.2. The van der Waals surface area contributed by atoms with Gasteiger partial charge in [-0.1, -0.05) is 24.3 Å². The first-order valence-electron chi connectivity index (χ1n) is 8.85. The van der Waals surface area contributed by atoms with Crippen molar-refractivity contribution in [2.45, 2.75) is 44.3 Å². The minimum atomic E-state index is -0.281. The second kappa shape index (κ2) is 6.40. The molecule has 0 radical (unpaired) electrons. The summed E-state index contributed by atoms with van der Waals surface area (Å²) in [5.41, 5.74) is 2.30. The predicted molar refractivity (Wildman–Crippen MR) is 92.4 cm³/mol. The standard InChI is InChI=1S/C19H24N4O/c24-18-19(8-3-10-20-18)9-4-12-22(19)14-16-6-1-2-7-17(16)15-23-13-5-11-21-23/h1-2,5-7,11,13H,3-4,8-10,12,14-15H2,(H,20,24). The van der Waals surface area contributed by atoms with Crippen molar-refractivity contribution in [3.8, 4) is 0 Å². The van der Waals surface area contributed by atoms with E-state index in [0.717, 1.165) is 51.9 Å². The topological polar surface area (TPSA) is 50.2 Å². The van der Waals surface area contributed by atoms with Crippen LogP contribution in [0.1, 0.15) is 36.8 Å². The molecule has 1 aromatic carbocycles. The van der Waals surface area contributed by atoms with E-state index >= 15 is 0 Å². The molecule has 2 aliphatic rings. The zero-order valence-electron chi connectivity index (χ0n) is 13.9. The third kappa shape index (κ3) is 2.73. The Morgan fingerprint density at radius 3 is 2.62 bits per heavy atom. The lowest BCUT2D eigenvalue weighted by atomic mass is 9.86. The molecule has 0 aliphatic carbocycles. The number of hydrogen-bond donors (Lipinski definition) is 1. The molecule has 5 nitrogen and oxygen atoms in total. The Morgan fingerprint density at radius 1 is 1.08 bits per heavy atom. The summed E-state index contributed by atoms with van der Waals surface area (Å²) in [7, 11) is 0. The monoisotopic (exact) mass is 324 g/mol. The van der Waals surface area contributed by atoms with Crippen molar-refractivity contribution < 1.29 is 4.79 Å². The van der Waals surface area contributed by atoms with Gasteiger partial charge in [0.05, 0.1) is 6.54 Å². The van der Waals surface area contributed by atoms with Crippen molar-refractivity contribution in [2.75, 3.05) is 13.1 Å². The van der Waals surface area contributed by atoms with Gasteiger partial charge in [0.25, 0.3) is 0 Å². The molecule has 1 N–H and O–H groups in total. The lowest BCUT2D eigenvalue weighted by molar-refractivity contribution is -0.134. The van der Waals surface area contributed by atoms with Crippen molar-refractivity contribution in [1.82, 2.24) is 20.0 Å². The first-order valence-corrected chi connectivity index (χ1v) is 8.85. The van der Waals surface area contributed by atoms with Gasteiger partial charge >= 0.3 is 0 Å². The summed E-state index contributed by atoms with van der Waals surface area (Å²) in [4.78, 5) is 15.0. The van der Waals surface area contributed by atoms with E-state index in [1.54, 1.807) is 0 Å². The molecule has 2 fully saturated rings. The molecule has 24 heavy (non-hydrogen) atoms. The number of aromatic nitrogens is 2. The van der Waals surface area contributed by atoms with E-state index in [4.69, 9.17) is 0 Å². The van der Waals surface area contributed by atoms with E-state index < -0.39 is 0 Å². The minimum absolute atomic E-state index is 0.232. The fourth-order valence-corrected chi connectivity index (χ4v) is 4.21. The second-order valence-corrected chi connectivity index (χ2v) is 6.89. The van der Waals surface area contributed by atoms with Crippen LogP contribution in [0, 0.1) is 0 Å². The summed E-state index contributed by atoms with van der Waals surface area (Å²) in [6.45, 7) is 3.44. The van der Waals surface area contributed by atoms with Crippen LogP contribution >= 0.6 is 0 Å². The second-order valence-electron chi connectivity index (χ2n) is 6.89. The van der Waals surface area contributed by atoms with E-state index in [1.165, 1.54) is 11.1 Å². The lowest BCUT2D eigenvalue weighted by Crippen LogP contribution is -2.58. The van der Waals surface area contributed by atoms with E-state index in [0.29, 0.717) is 0 Å². The number of carbonyl (C=O) groups excluding carboxylic acids is 1. The van der Waals surface area contributed by atoms with Crippen LogP contribution in [0.4, 0.5) is 0 Å². The lowest BCUT2D eigenvalue weighted by Gasteiger charge is -2.40. The zero-order valence-corrected chi connectivity index (χ0v) is 13.9. The van der Waals surface area contributed by atoms with Crippen molar-refractivity contribution in [3.05, 3.63) is 53.9 Å². The normalized spacial score (nSPS) is 24.4. The average molecular weight is 324 g/mol. The van der Waals surface area contributed by atoms with Gasteiger partial charge in [0.2, 0.25) is 5.91 Å². The largest absolute Gasteiger partial charge is 0.354 e. The van der Waals surface area contributed by atoms with Crippen LogP contribution in [0.15, 0.2) is 42.7 Å². The molecule has 4 rings (SSSR count). The Morgan fingerprint density at radius 2 is 1.88 bits per heavy atom. The van der Waals surface area contributed by atoms with Crippen LogP contribution in [0.3, 0.4) is 0 Å². The molecule has 2 aliphatic heterocycles. The summed E-state index contributed by atoms with van der Waals surface area (Å²) in [6, 6.07) is 10.5. The van der Waals surface area contributed by atoms with Crippen LogP contribution in [0.2, 0.25) is 0 Å². The summed E-state index contributed by atoms with van der Waals surface area (Å²) in [5.74, 6) is 0.232. The van der Waals surface area contributed by atoms with E-state index in [1.807, 2.05) is 23.1 Å². The number of nitrogens with zero attached hydrogens (tertiary/aromatic N) is 3. The Balaban J connectivity index is 1.57. The molecule has 0 saturated carbocycles. The van der Waals surface area contributed by atoms with Crippen LogP contribution in [0.5, 0.6) is 0 Å². The van der Waals surface area contributed by atoms with Crippen molar-refractivity contribution in [2.24, 2.45) is 0 Å². The van der Waals surface area contributed by atoms with Gasteiger partial charge in [-0.3, -0.25) is 14.4 Å². The van der Waals surface area contributed by atoms with Gasteiger partial charge in [-0.25, -0.2) is 0 Å². The number of carbonyl (C=O) groups is 1. The number of nitrogens with one attached hydrogen (secondary N) is 1. The van der Waals surface area contributed by atoms with Crippen molar-refractivity contribution >= 4 is 5.91 Å². The first-order chi connectivity index (χ1) is 11.8. The smallest absolute Gasteiger partial charge is 0.240 e. The molecule has 3 heterocycles. The Hall–Kier alpha value is -2.14. The van der Waals surface area contributed by atoms with Crippen LogP contribution < -0.4 is 5.32 Å². The van der Waals surface area contributed by atoms with Crippen LogP contribution in [0.25, 0.3) is 0 Å². The number of hydrogen-bond acceptors (Lipinski definition) is 3. The molecule has 2 saturated heterocycles. The van der Waals surface area contributed by atoms with Gasteiger partial charge in [-0.15, -0.1) is 0 Å². The average Bonchev–Trinajstić information content (AvgIpc) is 3.23. The third-order valence-electron chi connectivity index (χ3n) is 5.47. The number of likely N-dealkylation sites (tertiary alicyclic amines) is 1. The number of piperidine rings is 1. The Kier molecular flexibility index (Phi) is 4.10. The maximum Gasteiger partial charge on any atom is 0.240 e. The third-order valence-corrected chi connectivity index (χ3v) is 5.47. The number of benzene rings is 1. The van der Waals surface area contributed by atoms with Gasteiger partial charge in [0.1, 0.15) is 5.54 Å².